The maximum Gasteiger partial charge on any atom is 0.338 e. The van der Waals surface area contributed by atoms with E-state index in [4.69, 9.17) is 14.2 Å². The van der Waals surface area contributed by atoms with Gasteiger partial charge in [0.15, 0.2) is 0 Å². The second kappa shape index (κ2) is 9.85. The molecule has 1 aliphatic heterocycles. The average Bonchev–Trinajstić information content (AvgIpc) is 2.72. The van der Waals surface area contributed by atoms with Crippen molar-refractivity contribution >= 4 is 5.97 Å². The number of aryl methyl sites for hydroxylation is 1. The van der Waals surface area contributed by atoms with Crippen molar-refractivity contribution in [3.63, 3.8) is 0 Å². The number of esters is 1. The average molecular weight is 401 g/mol. The van der Waals surface area contributed by atoms with Crippen molar-refractivity contribution in [2.45, 2.75) is 38.9 Å². The van der Waals surface area contributed by atoms with Gasteiger partial charge < -0.3 is 19.5 Å². The van der Waals surface area contributed by atoms with Crippen LogP contribution in [0.15, 0.2) is 36.4 Å². The Hall–Kier alpha value is -2.44. The summed E-state index contributed by atoms with van der Waals surface area (Å²) in [5.74, 6) is 0.149. The van der Waals surface area contributed by atoms with Crippen molar-refractivity contribution in [2.75, 3.05) is 26.8 Å². The molecule has 2 atom stereocenters. The van der Waals surface area contributed by atoms with E-state index in [1.165, 1.54) is 6.07 Å². The third kappa shape index (κ3) is 5.14. The van der Waals surface area contributed by atoms with Crippen LogP contribution in [-0.2, 0) is 16.1 Å². The lowest BCUT2D eigenvalue weighted by Crippen LogP contribution is -2.40. The standard InChI is InChI=1S/C23H28FNO4/c1-4-28-23(26)16-5-6-17(22(12-16)27-3)14-29-21-9-10-25-13-20(21)19-8-7-18(24)11-15(19)2/h5-8,11-12,20-21,25H,4,9-10,13-14H2,1-3H3. The highest BCUT2D eigenvalue weighted by Gasteiger charge is 2.28. The number of piperidine rings is 1. The van der Waals surface area contributed by atoms with Gasteiger partial charge in [-0.15, -0.1) is 0 Å². The van der Waals surface area contributed by atoms with Gasteiger partial charge in [-0.1, -0.05) is 12.1 Å². The molecule has 6 heteroatoms. The van der Waals surface area contributed by atoms with Crippen LogP contribution in [0, 0.1) is 12.7 Å². The highest BCUT2D eigenvalue weighted by molar-refractivity contribution is 5.90. The van der Waals surface area contributed by atoms with Crippen molar-refractivity contribution in [2.24, 2.45) is 0 Å². The Morgan fingerprint density at radius 3 is 2.79 bits per heavy atom. The number of hydrogen-bond acceptors (Lipinski definition) is 5. The van der Waals surface area contributed by atoms with Crippen molar-refractivity contribution in [3.8, 4) is 5.75 Å². The summed E-state index contributed by atoms with van der Waals surface area (Å²) >= 11 is 0. The van der Waals surface area contributed by atoms with Gasteiger partial charge in [0.05, 0.1) is 32.0 Å². The Labute approximate surface area is 171 Å². The topological polar surface area (TPSA) is 56.8 Å². The van der Waals surface area contributed by atoms with Crippen LogP contribution >= 0.6 is 0 Å². The minimum absolute atomic E-state index is 0.00912. The number of benzene rings is 2. The minimum atomic E-state index is -0.372. The van der Waals surface area contributed by atoms with Crippen LogP contribution in [0.1, 0.15) is 46.3 Å². The summed E-state index contributed by atoms with van der Waals surface area (Å²) < 4.78 is 30.3. The number of carbonyl (C=O) groups is 1. The number of nitrogens with one attached hydrogen (secondary N) is 1. The van der Waals surface area contributed by atoms with Gasteiger partial charge in [-0.25, -0.2) is 9.18 Å². The smallest absolute Gasteiger partial charge is 0.338 e. The lowest BCUT2D eigenvalue weighted by Gasteiger charge is -2.33. The number of halogens is 1. The van der Waals surface area contributed by atoms with Crippen LogP contribution in [-0.4, -0.2) is 38.9 Å². The predicted molar refractivity (Wildman–Crippen MR) is 109 cm³/mol. The summed E-state index contributed by atoms with van der Waals surface area (Å²) in [5, 5.41) is 3.41. The summed E-state index contributed by atoms with van der Waals surface area (Å²) in [6, 6.07) is 10.2. The maximum atomic E-state index is 13.5. The van der Waals surface area contributed by atoms with Crippen LogP contribution in [0.4, 0.5) is 4.39 Å². The molecule has 0 amide bonds. The SMILES string of the molecule is CCOC(=O)c1ccc(COC2CCNCC2c2ccc(F)cc2C)c(OC)c1. The molecule has 0 radical (unpaired) electrons. The fourth-order valence-corrected chi connectivity index (χ4v) is 3.80. The first kappa shape index (κ1) is 21.3. The zero-order chi connectivity index (χ0) is 20.8. The van der Waals surface area contributed by atoms with Crippen molar-refractivity contribution in [1.29, 1.82) is 0 Å². The molecule has 1 N–H and O–H groups in total. The summed E-state index contributed by atoms with van der Waals surface area (Å²) in [5.41, 5.74) is 3.36. The molecule has 2 unspecified atom stereocenters. The van der Waals surface area contributed by atoms with Gasteiger partial charge >= 0.3 is 5.97 Å². The molecule has 1 saturated heterocycles. The molecule has 3 rings (SSSR count). The highest BCUT2D eigenvalue weighted by Crippen LogP contribution is 2.31. The van der Waals surface area contributed by atoms with E-state index in [1.807, 2.05) is 19.1 Å². The van der Waals surface area contributed by atoms with Gasteiger partial charge in [-0.3, -0.25) is 0 Å². The van der Waals surface area contributed by atoms with Crippen LogP contribution < -0.4 is 10.1 Å². The van der Waals surface area contributed by atoms with Gasteiger partial charge in [0.1, 0.15) is 11.6 Å². The molecule has 2 aromatic rings. The van der Waals surface area contributed by atoms with Gasteiger partial charge in [-0.2, -0.15) is 0 Å². The molecule has 0 bridgehead atoms. The molecule has 0 aromatic heterocycles. The van der Waals surface area contributed by atoms with Crippen LogP contribution in [0.5, 0.6) is 5.75 Å². The summed E-state index contributed by atoms with van der Waals surface area (Å²) in [6.45, 7) is 6.06. The molecular formula is C23H28FNO4. The Morgan fingerprint density at radius 1 is 1.24 bits per heavy atom. The summed E-state index contributed by atoms with van der Waals surface area (Å²) in [6.07, 6.45) is 0.875. The van der Waals surface area contributed by atoms with Gasteiger partial charge in [0, 0.05) is 18.0 Å². The quantitative estimate of drug-likeness (QED) is 0.711. The predicted octanol–water partition coefficient (Wildman–Crippen LogP) is 3.98. The Balaban J connectivity index is 1.74. The first-order valence-corrected chi connectivity index (χ1v) is 9.95. The maximum absolute atomic E-state index is 13.5. The van der Waals surface area contributed by atoms with Gasteiger partial charge in [0.2, 0.25) is 0 Å². The van der Waals surface area contributed by atoms with Crippen LogP contribution in [0.2, 0.25) is 0 Å². The zero-order valence-electron chi connectivity index (χ0n) is 17.2. The molecule has 29 heavy (non-hydrogen) atoms. The second-order valence-electron chi connectivity index (χ2n) is 7.20. The normalized spacial score (nSPS) is 19.0. The van der Waals surface area contributed by atoms with E-state index >= 15 is 0 Å². The Kier molecular flexibility index (Phi) is 7.23. The number of ether oxygens (including phenoxy) is 3. The van der Waals surface area contributed by atoms with Crippen molar-refractivity contribution < 1.29 is 23.4 Å². The summed E-state index contributed by atoms with van der Waals surface area (Å²) in [7, 11) is 1.57. The van der Waals surface area contributed by atoms with Crippen LogP contribution in [0.3, 0.4) is 0 Å². The molecule has 0 spiro atoms. The van der Waals surface area contributed by atoms with E-state index in [0.717, 1.165) is 36.2 Å². The molecule has 5 nitrogen and oxygen atoms in total. The molecule has 0 saturated carbocycles. The fraction of sp³-hybridized carbons (Fsp3) is 0.435. The van der Waals surface area contributed by atoms with E-state index in [1.54, 1.807) is 32.2 Å². The molecule has 1 aliphatic rings. The highest BCUT2D eigenvalue weighted by atomic mass is 19.1. The monoisotopic (exact) mass is 401 g/mol. The van der Waals surface area contributed by atoms with Crippen molar-refractivity contribution in [3.05, 3.63) is 64.5 Å². The molecule has 1 heterocycles. The zero-order valence-corrected chi connectivity index (χ0v) is 17.2. The van der Waals surface area contributed by atoms with E-state index in [-0.39, 0.29) is 23.8 Å². The number of methoxy groups -OCH3 is 1. The number of hydrogen-bond donors (Lipinski definition) is 1. The lowest BCUT2D eigenvalue weighted by molar-refractivity contribution is 0.00599. The van der Waals surface area contributed by atoms with Gasteiger partial charge in [0.25, 0.3) is 0 Å². The summed E-state index contributed by atoms with van der Waals surface area (Å²) in [4.78, 5) is 11.9. The number of rotatable bonds is 7. The van der Waals surface area contributed by atoms with E-state index < -0.39 is 0 Å². The third-order valence-corrected chi connectivity index (χ3v) is 5.30. The largest absolute Gasteiger partial charge is 0.496 e. The minimum Gasteiger partial charge on any atom is -0.496 e. The molecule has 156 valence electrons. The second-order valence-corrected chi connectivity index (χ2v) is 7.20. The molecule has 2 aromatic carbocycles. The third-order valence-electron chi connectivity index (χ3n) is 5.30. The first-order chi connectivity index (χ1) is 14.0. The lowest BCUT2D eigenvalue weighted by atomic mass is 9.86. The van der Waals surface area contributed by atoms with E-state index in [2.05, 4.69) is 5.32 Å². The van der Waals surface area contributed by atoms with Crippen LogP contribution in [0.25, 0.3) is 0 Å². The molecular weight excluding hydrogens is 373 g/mol. The van der Waals surface area contributed by atoms with E-state index in [9.17, 15) is 9.18 Å². The molecule has 0 aliphatic carbocycles. The van der Waals surface area contributed by atoms with Gasteiger partial charge in [-0.05, 0) is 62.2 Å². The first-order valence-electron chi connectivity index (χ1n) is 9.95. The Bertz CT molecular complexity index is 855. The van der Waals surface area contributed by atoms with Crippen molar-refractivity contribution in [1.82, 2.24) is 5.32 Å². The Morgan fingerprint density at radius 2 is 2.07 bits per heavy atom. The fourth-order valence-electron chi connectivity index (χ4n) is 3.80. The number of carbonyl (C=O) groups excluding carboxylic acids is 1. The molecule has 1 fully saturated rings. The van der Waals surface area contributed by atoms with E-state index in [0.29, 0.717) is 24.5 Å².